The number of alkyl halides is 3. The van der Waals surface area contributed by atoms with Crippen molar-refractivity contribution in [1.82, 2.24) is 25.0 Å². The number of piperazine rings is 1. The SMILES string of the molecule is CC(C)(C)OC(=O)N1CCN(Cc2cc(NC(=O)c3cccnc3Nc3ccc4cn[nH]c4c3)cc(C(F)(F)F)c2)CC1. The molecule has 0 aliphatic carbocycles. The minimum absolute atomic E-state index is 0.0101. The molecule has 1 aliphatic heterocycles. The Kier molecular flexibility index (Phi) is 8.27. The average molecular weight is 596 g/mol. The molecule has 226 valence electrons. The van der Waals surface area contributed by atoms with E-state index in [0.29, 0.717) is 37.4 Å². The van der Waals surface area contributed by atoms with E-state index in [1.807, 2.05) is 17.0 Å². The lowest BCUT2D eigenvalue weighted by molar-refractivity contribution is -0.137. The van der Waals surface area contributed by atoms with Crippen LogP contribution in [0.15, 0.2) is 60.9 Å². The van der Waals surface area contributed by atoms with E-state index < -0.39 is 29.3 Å². The van der Waals surface area contributed by atoms with E-state index in [1.54, 1.807) is 44.0 Å². The molecule has 3 heterocycles. The topological polar surface area (TPSA) is 115 Å². The highest BCUT2D eigenvalue weighted by atomic mass is 19.4. The number of fused-ring (bicyclic) bond motifs is 1. The Hall–Kier alpha value is -4.65. The second-order valence-electron chi connectivity index (χ2n) is 11.3. The van der Waals surface area contributed by atoms with Gasteiger partial charge in [0.25, 0.3) is 5.91 Å². The maximum Gasteiger partial charge on any atom is 0.416 e. The van der Waals surface area contributed by atoms with Gasteiger partial charge in [0, 0.05) is 55.7 Å². The van der Waals surface area contributed by atoms with Crippen molar-refractivity contribution in [2.75, 3.05) is 36.8 Å². The highest BCUT2D eigenvalue weighted by molar-refractivity contribution is 6.08. The smallest absolute Gasteiger partial charge is 0.416 e. The fourth-order valence-corrected chi connectivity index (χ4v) is 4.73. The zero-order valence-corrected chi connectivity index (χ0v) is 24.0. The number of amides is 2. The molecule has 43 heavy (non-hydrogen) atoms. The Morgan fingerprint density at radius 2 is 1.77 bits per heavy atom. The zero-order chi connectivity index (χ0) is 30.8. The lowest BCUT2D eigenvalue weighted by Crippen LogP contribution is -2.49. The molecule has 1 aliphatic rings. The van der Waals surface area contributed by atoms with Crippen LogP contribution in [0.5, 0.6) is 0 Å². The van der Waals surface area contributed by atoms with Gasteiger partial charge in [-0.15, -0.1) is 0 Å². The highest BCUT2D eigenvalue weighted by Gasteiger charge is 2.32. The molecular weight excluding hydrogens is 563 g/mol. The lowest BCUT2D eigenvalue weighted by Gasteiger charge is -2.35. The van der Waals surface area contributed by atoms with E-state index in [9.17, 15) is 22.8 Å². The van der Waals surface area contributed by atoms with Crippen LogP contribution in [0, 0.1) is 0 Å². The molecule has 1 saturated heterocycles. The zero-order valence-electron chi connectivity index (χ0n) is 24.0. The number of H-pyrrole nitrogens is 1. The molecular formula is C30H32F3N7O3. The van der Waals surface area contributed by atoms with Gasteiger partial charge in [-0.2, -0.15) is 18.3 Å². The normalized spacial score (nSPS) is 14.5. The average Bonchev–Trinajstić information content (AvgIpc) is 3.40. The van der Waals surface area contributed by atoms with Gasteiger partial charge in [0.15, 0.2) is 0 Å². The summed E-state index contributed by atoms with van der Waals surface area (Å²) in [5, 5.41) is 13.5. The summed E-state index contributed by atoms with van der Waals surface area (Å²) in [6.45, 7) is 7.29. The van der Waals surface area contributed by atoms with Crippen LogP contribution in [0.1, 0.15) is 42.3 Å². The van der Waals surface area contributed by atoms with Crippen LogP contribution in [0.25, 0.3) is 10.9 Å². The number of nitrogens with zero attached hydrogens (tertiary/aromatic N) is 4. The monoisotopic (exact) mass is 595 g/mol. The maximum absolute atomic E-state index is 13.8. The van der Waals surface area contributed by atoms with Crippen molar-refractivity contribution in [3.8, 4) is 0 Å². The summed E-state index contributed by atoms with van der Waals surface area (Å²) in [6.07, 6.45) is -1.83. The molecule has 0 spiro atoms. The molecule has 2 amide bonds. The predicted molar refractivity (Wildman–Crippen MR) is 156 cm³/mol. The first-order valence-corrected chi connectivity index (χ1v) is 13.7. The number of anilines is 3. The molecule has 0 atom stereocenters. The Morgan fingerprint density at radius 1 is 1.00 bits per heavy atom. The van der Waals surface area contributed by atoms with Gasteiger partial charge < -0.3 is 20.3 Å². The number of benzene rings is 2. The van der Waals surface area contributed by atoms with Gasteiger partial charge >= 0.3 is 12.3 Å². The van der Waals surface area contributed by atoms with Gasteiger partial charge in [-0.05, 0) is 74.9 Å². The van der Waals surface area contributed by atoms with E-state index in [1.165, 1.54) is 18.3 Å². The highest BCUT2D eigenvalue weighted by Crippen LogP contribution is 2.33. The van der Waals surface area contributed by atoms with Crippen molar-refractivity contribution in [3.05, 3.63) is 77.6 Å². The van der Waals surface area contributed by atoms with Crippen molar-refractivity contribution in [2.45, 2.75) is 39.1 Å². The van der Waals surface area contributed by atoms with Crippen LogP contribution in [0.4, 0.5) is 35.2 Å². The van der Waals surface area contributed by atoms with Crippen LogP contribution in [-0.4, -0.2) is 68.8 Å². The molecule has 13 heteroatoms. The summed E-state index contributed by atoms with van der Waals surface area (Å²) in [4.78, 5) is 33.5. The van der Waals surface area contributed by atoms with Crippen molar-refractivity contribution in [2.24, 2.45) is 0 Å². The molecule has 4 aromatic rings. The Morgan fingerprint density at radius 3 is 2.49 bits per heavy atom. The van der Waals surface area contributed by atoms with Gasteiger partial charge in [0.05, 0.1) is 22.8 Å². The fourth-order valence-electron chi connectivity index (χ4n) is 4.73. The van der Waals surface area contributed by atoms with E-state index in [0.717, 1.165) is 23.0 Å². The van der Waals surface area contributed by atoms with Crippen LogP contribution in [-0.2, 0) is 17.5 Å². The third-order valence-electron chi connectivity index (χ3n) is 6.77. The standard InChI is InChI=1S/C30H32F3N7O3/c1-29(2,3)43-28(42)40-11-9-39(10-12-40)18-19-13-21(30(31,32)33)15-23(14-19)37-27(41)24-5-4-8-34-26(24)36-22-7-6-20-17-35-38-25(20)16-22/h4-8,13-17H,9-12,18H2,1-3H3,(H,34,36)(H,35,38)(H,37,41). The lowest BCUT2D eigenvalue weighted by atomic mass is 10.1. The second-order valence-corrected chi connectivity index (χ2v) is 11.3. The van der Waals surface area contributed by atoms with E-state index >= 15 is 0 Å². The molecule has 0 unspecified atom stereocenters. The first-order chi connectivity index (χ1) is 20.3. The number of aromatic amines is 1. The number of pyridine rings is 1. The summed E-state index contributed by atoms with van der Waals surface area (Å²) in [6, 6.07) is 12.1. The molecule has 0 radical (unpaired) electrons. The molecule has 5 rings (SSSR count). The molecule has 2 aromatic heterocycles. The number of halogens is 3. The number of hydrogen-bond acceptors (Lipinski definition) is 7. The Balaban J connectivity index is 1.30. The Bertz CT molecular complexity index is 1620. The van der Waals surface area contributed by atoms with Crippen LogP contribution >= 0.6 is 0 Å². The van der Waals surface area contributed by atoms with Crippen LogP contribution in [0.3, 0.4) is 0 Å². The van der Waals surface area contributed by atoms with Crippen LogP contribution in [0.2, 0.25) is 0 Å². The van der Waals surface area contributed by atoms with Crippen molar-refractivity contribution in [3.63, 3.8) is 0 Å². The van der Waals surface area contributed by atoms with Gasteiger partial charge in [-0.25, -0.2) is 9.78 Å². The summed E-state index contributed by atoms with van der Waals surface area (Å²) in [5.74, 6) is -0.372. The van der Waals surface area contributed by atoms with Crippen molar-refractivity contribution in [1.29, 1.82) is 0 Å². The van der Waals surface area contributed by atoms with Gasteiger partial charge in [-0.3, -0.25) is 14.8 Å². The quantitative estimate of drug-likeness (QED) is 0.250. The number of hydrogen-bond donors (Lipinski definition) is 3. The largest absolute Gasteiger partial charge is 0.444 e. The summed E-state index contributed by atoms with van der Waals surface area (Å²) in [7, 11) is 0. The summed E-state index contributed by atoms with van der Waals surface area (Å²) in [5.41, 5.74) is 0.500. The van der Waals surface area contributed by atoms with Gasteiger partial charge in [-0.1, -0.05) is 0 Å². The van der Waals surface area contributed by atoms with E-state index in [4.69, 9.17) is 4.74 Å². The fraction of sp³-hybridized carbons (Fsp3) is 0.333. The van der Waals surface area contributed by atoms with Crippen LogP contribution < -0.4 is 10.6 Å². The third-order valence-corrected chi connectivity index (χ3v) is 6.77. The first-order valence-electron chi connectivity index (χ1n) is 13.7. The molecule has 10 nitrogen and oxygen atoms in total. The third kappa shape index (κ3) is 7.60. The number of ether oxygens (including phenoxy) is 1. The Labute approximate surface area is 246 Å². The molecule has 1 fully saturated rings. The maximum atomic E-state index is 13.8. The molecule has 3 N–H and O–H groups in total. The molecule has 2 aromatic carbocycles. The number of aromatic nitrogens is 3. The van der Waals surface area contributed by atoms with Crippen molar-refractivity contribution >= 4 is 40.1 Å². The van der Waals surface area contributed by atoms with Gasteiger partial charge in [0.1, 0.15) is 11.4 Å². The molecule has 0 bridgehead atoms. The minimum Gasteiger partial charge on any atom is -0.444 e. The van der Waals surface area contributed by atoms with E-state index in [-0.39, 0.29) is 23.6 Å². The minimum atomic E-state index is -4.61. The van der Waals surface area contributed by atoms with Crippen molar-refractivity contribution < 1.29 is 27.5 Å². The second kappa shape index (κ2) is 11.9. The first kappa shape index (κ1) is 29.8. The number of nitrogens with one attached hydrogen (secondary N) is 3. The molecule has 0 saturated carbocycles. The van der Waals surface area contributed by atoms with E-state index in [2.05, 4.69) is 25.8 Å². The number of carbonyl (C=O) groups excluding carboxylic acids is 2. The number of carbonyl (C=O) groups is 2. The number of rotatable bonds is 6. The summed E-state index contributed by atoms with van der Waals surface area (Å²) < 4.78 is 47.0. The predicted octanol–water partition coefficient (Wildman–Crippen LogP) is 6.03. The summed E-state index contributed by atoms with van der Waals surface area (Å²) >= 11 is 0. The van der Waals surface area contributed by atoms with Gasteiger partial charge in [0.2, 0.25) is 0 Å².